The zero-order chi connectivity index (χ0) is 19.5. The molecule has 4 amide bonds. The fourth-order valence-corrected chi connectivity index (χ4v) is 4.05. The van der Waals surface area contributed by atoms with Gasteiger partial charge in [-0.3, -0.25) is 9.59 Å². The third-order valence-electron chi connectivity index (χ3n) is 5.99. The Morgan fingerprint density at radius 2 is 1.18 bits per heavy atom. The number of rotatable bonds is 3. The smallest absolute Gasteiger partial charge is 0.321 e. The number of hydrogen-bond donors (Lipinski definition) is 1. The first-order valence-corrected chi connectivity index (χ1v) is 10.3. The van der Waals surface area contributed by atoms with Crippen molar-refractivity contribution in [2.45, 2.75) is 25.7 Å². The number of anilines is 1. The predicted octanol–water partition coefficient (Wildman–Crippen LogP) is 2.01. The summed E-state index contributed by atoms with van der Waals surface area (Å²) in [5.41, 5.74) is 0.782. The molecule has 3 aliphatic rings. The first-order chi connectivity index (χ1) is 13.6. The lowest BCUT2D eigenvalue weighted by atomic mass is 9.95. The molecule has 28 heavy (non-hydrogen) atoms. The van der Waals surface area contributed by atoms with Gasteiger partial charge in [0.2, 0.25) is 11.8 Å². The molecular weight excluding hydrogens is 356 g/mol. The van der Waals surface area contributed by atoms with E-state index in [1.165, 1.54) is 0 Å². The molecule has 1 aliphatic carbocycles. The van der Waals surface area contributed by atoms with Crippen LogP contribution < -0.4 is 5.32 Å². The third kappa shape index (κ3) is 4.29. The van der Waals surface area contributed by atoms with Crippen molar-refractivity contribution in [2.75, 3.05) is 44.6 Å². The van der Waals surface area contributed by atoms with Crippen molar-refractivity contribution < 1.29 is 14.4 Å². The minimum atomic E-state index is -0.107. The number of benzene rings is 1. The molecule has 150 valence electrons. The molecule has 7 nitrogen and oxygen atoms in total. The van der Waals surface area contributed by atoms with E-state index < -0.39 is 0 Å². The summed E-state index contributed by atoms with van der Waals surface area (Å²) < 4.78 is 0. The van der Waals surface area contributed by atoms with Crippen LogP contribution in [0.3, 0.4) is 0 Å². The van der Waals surface area contributed by atoms with E-state index in [2.05, 4.69) is 5.32 Å². The lowest BCUT2D eigenvalue weighted by molar-refractivity contribution is -0.143. The average Bonchev–Trinajstić information content (AvgIpc) is 3.59. The lowest BCUT2D eigenvalue weighted by Crippen LogP contribution is -2.53. The van der Waals surface area contributed by atoms with Gasteiger partial charge in [0, 0.05) is 56.8 Å². The molecule has 1 aromatic carbocycles. The molecule has 0 bridgehead atoms. The van der Waals surface area contributed by atoms with Crippen LogP contribution in [0.4, 0.5) is 10.5 Å². The van der Waals surface area contributed by atoms with Crippen LogP contribution in [0.2, 0.25) is 0 Å². The van der Waals surface area contributed by atoms with Crippen LogP contribution in [-0.2, 0) is 9.59 Å². The van der Waals surface area contributed by atoms with Gasteiger partial charge < -0.3 is 20.0 Å². The van der Waals surface area contributed by atoms with Crippen LogP contribution >= 0.6 is 0 Å². The standard InChI is InChI=1S/C21H28N4O3/c26-19(16-6-7-16)23-12-14-24(15-13-23)20(27)17-8-10-25(11-9-17)21(28)22-18-4-2-1-3-5-18/h1-5,16-17H,6-15H2,(H,22,28). The summed E-state index contributed by atoms with van der Waals surface area (Å²) in [6, 6.07) is 9.30. The van der Waals surface area contributed by atoms with Crippen LogP contribution in [0.15, 0.2) is 30.3 Å². The first-order valence-electron chi connectivity index (χ1n) is 10.3. The number of nitrogens with one attached hydrogen (secondary N) is 1. The maximum absolute atomic E-state index is 12.8. The largest absolute Gasteiger partial charge is 0.339 e. The molecule has 0 atom stereocenters. The monoisotopic (exact) mass is 384 g/mol. The van der Waals surface area contributed by atoms with Crippen molar-refractivity contribution in [3.63, 3.8) is 0 Å². The average molecular weight is 384 g/mol. The van der Waals surface area contributed by atoms with Gasteiger partial charge in [-0.25, -0.2) is 4.79 Å². The number of carbonyl (C=O) groups is 3. The van der Waals surface area contributed by atoms with Crippen LogP contribution in [0, 0.1) is 11.8 Å². The zero-order valence-corrected chi connectivity index (χ0v) is 16.2. The van der Waals surface area contributed by atoms with Gasteiger partial charge in [0.1, 0.15) is 0 Å². The van der Waals surface area contributed by atoms with Crippen LogP contribution in [-0.4, -0.2) is 71.8 Å². The second-order valence-corrected chi connectivity index (χ2v) is 7.98. The van der Waals surface area contributed by atoms with Crippen LogP contribution in [0.5, 0.6) is 0 Å². The Balaban J connectivity index is 1.22. The van der Waals surface area contributed by atoms with Crippen LogP contribution in [0.25, 0.3) is 0 Å². The molecule has 0 unspecified atom stereocenters. The summed E-state index contributed by atoms with van der Waals surface area (Å²) >= 11 is 0. The van der Waals surface area contributed by atoms with E-state index in [1.54, 1.807) is 4.90 Å². The molecule has 7 heteroatoms. The minimum absolute atomic E-state index is 0.0218. The molecule has 3 fully saturated rings. The van der Waals surface area contributed by atoms with E-state index in [1.807, 2.05) is 40.1 Å². The summed E-state index contributed by atoms with van der Waals surface area (Å²) in [6.45, 7) is 3.75. The number of carbonyl (C=O) groups excluding carboxylic acids is 3. The zero-order valence-electron chi connectivity index (χ0n) is 16.2. The highest BCUT2D eigenvalue weighted by molar-refractivity contribution is 5.89. The number of piperidine rings is 1. The Bertz CT molecular complexity index is 718. The van der Waals surface area contributed by atoms with E-state index in [0.717, 1.165) is 18.5 Å². The Labute approximate surface area is 165 Å². The molecule has 0 aromatic heterocycles. The molecule has 1 aromatic rings. The second-order valence-electron chi connectivity index (χ2n) is 7.98. The maximum Gasteiger partial charge on any atom is 0.321 e. The Morgan fingerprint density at radius 1 is 0.679 bits per heavy atom. The summed E-state index contributed by atoms with van der Waals surface area (Å²) in [6.07, 6.45) is 3.44. The quantitative estimate of drug-likeness (QED) is 0.866. The van der Waals surface area contributed by atoms with E-state index in [9.17, 15) is 14.4 Å². The van der Waals surface area contributed by atoms with Crippen molar-refractivity contribution in [3.05, 3.63) is 30.3 Å². The number of nitrogens with zero attached hydrogens (tertiary/aromatic N) is 3. The molecule has 2 heterocycles. The topological polar surface area (TPSA) is 73.0 Å². The van der Waals surface area contributed by atoms with Gasteiger partial charge in [-0.05, 0) is 37.8 Å². The molecule has 1 N–H and O–H groups in total. The molecule has 0 spiro atoms. The van der Waals surface area contributed by atoms with Crippen molar-refractivity contribution in [2.24, 2.45) is 11.8 Å². The van der Waals surface area contributed by atoms with Gasteiger partial charge in [-0.2, -0.15) is 0 Å². The molecule has 2 saturated heterocycles. The van der Waals surface area contributed by atoms with E-state index in [4.69, 9.17) is 0 Å². The van der Waals surface area contributed by atoms with Crippen molar-refractivity contribution in [3.8, 4) is 0 Å². The number of likely N-dealkylation sites (tertiary alicyclic amines) is 1. The van der Waals surface area contributed by atoms with Gasteiger partial charge in [0.15, 0.2) is 0 Å². The third-order valence-corrected chi connectivity index (χ3v) is 5.99. The van der Waals surface area contributed by atoms with E-state index >= 15 is 0 Å². The predicted molar refractivity (Wildman–Crippen MR) is 106 cm³/mol. The number of amides is 4. The van der Waals surface area contributed by atoms with Crippen LogP contribution in [0.1, 0.15) is 25.7 Å². The number of hydrogen-bond acceptors (Lipinski definition) is 3. The highest BCUT2D eigenvalue weighted by Gasteiger charge is 2.36. The van der Waals surface area contributed by atoms with Gasteiger partial charge in [-0.15, -0.1) is 0 Å². The van der Waals surface area contributed by atoms with Gasteiger partial charge in [0.05, 0.1) is 0 Å². The minimum Gasteiger partial charge on any atom is -0.339 e. The fourth-order valence-electron chi connectivity index (χ4n) is 4.05. The maximum atomic E-state index is 12.8. The van der Waals surface area contributed by atoms with Crippen molar-refractivity contribution >= 4 is 23.5 Å². The summed E-state index contributed by atoms with van der Waals surface area (Å²) in [5, 5.41) is 2.90. The van der Waals surface area contributed by atoms with Crippen molar-refractivity contribution in [1.29, 1.82) is 0 Å². The Hall–Kier alpha value is -2.57. The molecule has 2 aliphatic heterocycles. The normalized spacial score (nSPS) is 20.8. The molecule has 1 saturated carbocycles. The molecule has 4 rings (SSSR count). The summed E-state index contributed by atoms with van der Waals surface area (Å²) in [7, 11) is 0. The fraction of sp³-hybridized carbons (Fsp3) is 0.571. The molecule has 0 radical (unpaired) electrons. The summed E-state index contributed by atoms with van der Waals surface area (Å²) in [4.78, 5) is 43.0. The number of piperazine rings is 1. The Kier molecular flexibility index (Phi) is 5.50. The van der Waals surface area contributed by atoms with Crippen molar-refractivity contribution in [1.82, 2.24) is 14.7 Å². The Morgan fingerprint density at radius 3 is 1.68 bits per heavy atom. The highest BCUT2D eigenvalue weighted by Crippen LogP contribution is 2.31. The number of para-hydroxylation sites is 1. The van der Waals surface area contributed by atoms with E-state index in [0.29, 0.717) is 52.1 Å². The lowest BCUT2D eigenvalue weighted by Gasteiger charge is -2.38. The SMILES string of the molecule is O=C(Nc1ccccc1)N1CCC(C(=O)N2CCN(C(=O)C3CC3)CC2)CC1. The van der Waals surface area contributed by atoms with Gasteiger partial charge in [0.25, 0.3) is 0 Å². The first kappa shape index (κ1) is 18.8. The van der Waals surface area contributed by atoms with Gasteiger partial charge >= 0.3 is 6.03 Å². The highest BCUT2D eigenvalue weighted by atomic mass is 16.2. The van der Waals surface area contributed by atoms with E-state index in [-0.39, 0.29) is 29.7 Å². The molecular formula is C21H28N4O3. The number of urea groups is 1. The second kappa shape index (κ2) is 8.20. The summed E-state index contributed by atoms with van der Waals surface area (Å²) in [5.74, 6) is 0.673. The van der Waals surface area contributed by atoms with Gasteiger partial charge in [-0.1, -0.05) is 18.2 Å².